The number of thiophene rings is 1. The summed E-state index contributed by atoms with van der Waals surface area (Å²) in [5.41, 5.74) is 2.94. The Hall–Kier alpha value is -2.38. The molecule has 0 unspecified atom stereocenters. The molecule has 22 heavy (non-hydrogen) atoms. The molecule has 0 fully saturated rings. The molecule has 1 aromatic heterocycles. The predicted octanol–water partition coefficient (Wildman–Crippen LogP) is 4.64. The Morgan fingerprint density at radius 3 is 2.68 bits per heavy atom. The first kappa shape index (κ1) is 16.0. The number of hydrogen-bond donors (Lipinski definition) is 1. The van der Waals surface area contributed by atoms with Crippen LogP contribution in [-0.4, -0.2) is 5.91 Å². The number of unbranched alkanes of at least 4 members (excludes halogenated alkanes) is 1. The fourth-order valence-electron chi connectivity index (χ4n) is 2.01. The number of nitrogens with one attached hydrogen (secondary N) is 1. The third-order valence-corrected chi connectivity index (χ3v) is 3.95. The Bertz CT molecular complexity index is 679. The van der Waals surface area contributed by atoms with Gasteiger partial charge in [-0.2, -0.15) is 16.6 Å². The summed E-state index contributed by atoms with van der Waals surface area (Å²) >= 11 is 1.53. The fourth-order valence-corrected chi connectivity index (χ4v) is 2.62. The van der Waals surface area contributed by atoms with Gasteiger partial charge in [-0.15, -0.1) is 0 Å². The zero-order chi connectivity index (χ0) is 15.8. The number of anilines is 1. The SMILES string of the molecule is CCCCc1ccc(NC(=O)/C(C#N)=C/c2ccsc2)cc1. The van der Waals surface area contributed by atoms with Gasteiger partial charge in [-0.3, -0.25) is 4.79 Å². The van der Waals surface area contributed by atoms with Crippen LogP contribution in [-0.2, 0) is 11.2 Å². The van der Waals surface area contributed by atoms with Crippen molar-refractivity contribution in [3.05, 3.63) is 57.8 Å². The van der Waals surface area contributed by atoms with Crippen LogP contribution in [0.4, 0.5) is 5.69 Å². The first-order valence-corrected chi connectivity index (χ1v) is 8.21. The van der Waals surface area contributed by atoms with E-state index in [0.29, 0.717) is 5.69 Å². The molecule has 0 bridgehead atoms. The van der Waals surface area contributed by atoms with Crippen molar-refractivity contribution in [1.82, 2.24) is 0 Å². The molecular formula is C18H18N2OS. The van der Waals surface area contributed by atoms with E-state index in [2.05, 4.69) is 12.2 Å². The maximum atomic E-state index is 12.1. The second-order valence-electron chi connectivity index (χ2n) is 4.98. The van der Waals surface area contributed by atoms with E-state index in [0.717, 1.165) is 24.8 Å². The first-order chi connectivity index (χ1) is 10.7. The Morgan fingerprint density at radius 2 is 2.09 bits per heavy atom. The molecule has 0 atom stereocenters. The van der Waals surface area contributed by atoms with E-state index in [1.807, 2.05) is 47.2 Å². The minimum absolute atomic E-state index is 0.105. The van der Waals surface area contributed by atoms with Crippen molar-refractivity contribution in [3.8, 4) is 6.07 Å². The van der Waals surface area contributed by atoms with Crippen LogP contribution in [0.3, 0.4) is 0 Å². The average Bonchev–Trinajstić information content (AvgIpc) is 3.05. The zero-order valence-electron chi connectivity index (χ0n) is 12.5. The van der Waals surface area contributed by atoms with E-state index in [1.54, 1.807) is 6.08 Å². The van der Waals surface area contributed by atoms with E-state index in [1.165, 1.54) is 16.9 Å². The summed E-state index contributed by atoms with van der Waals surface area (Å²) < 4.78 is 0. The van der Waals surface area contributed by atoms with Crippen LogP contribution >= 0.6 is 11.3 Å². The lowest BCUT2D eigenvalue weighted by molar-refractivity contribution is -0.112. The van der Waals surface area contributed by atoms with Gasteiger partial charge < -0.3 is 5.32 Å². The first-order valence-electron chi connectivity index (χ1n) is 7.27. The maximum absolute atomic E-state index is 12.1. The normalized spacial score (nSPS) is 11.0. The van der Waals surface area contributed by atoms with Gasteiger partial charge in [0.25, 0.3) is 5.91 Å². The van der Waals surface area contributed by atoms with Crippen LogP contribution < -0.4 is 5.32 Å². The van der Waals surface area contributed by atoms with Crippen LogP contribution in [0.1, 0.15) is 30.9 Å². The molecule has 0 saturated carbocycles. The highest BCUT2D eigenvalue weighted by Gasteiger charge is 2.09. The second-order valence-corrected chi connectivity index (χ2v) is 5.76. The number of carbonyl (C=O) groups is 1. The lowest BCUT2D eigenvalue weighted by Gasteiger charge is -2.06. The standard InChI is InChI=1S/C18H18N2OS/c1-2-3-4-14-5-7-17(8-6-14)20-18(21)16(12-19)11-15-9-10-22-13-15/h5-11,13H,2-4H2,1H3,(H,20,21)/b16-11+. The van der Waals surface area contributed by atoms with Crippen molar-refractivity contribution in [1.29, 1.82) is 5.26 Å². The molecule has 112 valence electrons. The summed E-state index contributed by atoms with van der Waals surface area (Å²) in [4.78, 5) is 12.1. The second kappa shape index (κ2) is 8.16. The molecule has 1 N–H and O–H groups in total. The Balaban J connectivity index is 2.03. The number of aryl methyl sites for hydroxylation is 1. The van der Waals surface area contributed by atoms with Gasteiger partial charge >= 0.3 is 0 Å². The summed E-state index contributed by atoms with van der Waals surface area (Å²) in [6, 6.07) is 11.6. The third-order valence-electron chi connectivity index (χ3n) is 3.25. The molecule has 0 radical (unpaired) electrons. The van der Waals surface area contributed by atoms with Gasteiger partial charge in [0.1, 0.15) is 11.6 Å². The van der Waals surface area contributed by atoms with Crippen LogP contribution in [0.25, 0.3) is 6.08 Å². The largest absolute Gasteiger partial charge is 0.321 e. The number of amides is 1. The Morgan fingerprint density at radius 1 is 1.32 bits per heavy atom. The quantitative estimate of drug-likeness (QED) is 0.624. The van der Waals surface area contributed by atoms with Crippen molar-refractivity contribution in [2.75, 3.05) is 5.32 Å². The van der Waals surface area contributed by atoms with Gasteiger partial charge in [0.05, 0.1) is 0 Å². The summed E-state index contributed by atoms with van der Waals surface area (Å²) in [6.07, 6.45) is 4.97. The molecule has 1 amide bonds. The molecule has 4 heteroatoms. The molecule has 0 saturated heterocycles. The number of nitriles is 1. The Labute approximate surface area is 134 Å². The van der Waals surface area contributed by atoms with Crippen molar-refractivity contribution in [2.24, 2.45) is 0 Å². The van der Waals surface area contributed by atoms with Crippen molar-refractivity contribution < 1.29 is 4.79 Å². The molecule has 2 aromatic rings. The van der Waals surface area contributed by atoms with Gasteiger partial charge in [0.15, 0.2) is 0 Å². The highest BCUT2D eigenvalue weighted by Crippen LogP contribution is 2.15. The van der Waals surface area contributed by atoms with E-state index in [9.17, 15) is 4.79 Å². The Kier molecular flexibility index (Phi) is 5.93. The molecule has 0 aliphatic rings. The van der Waals surface area contributed by atoms with Gasteiger partial charge in [-0.05, 0) is 59.0 Å². The summed E-state index contributed by atoms with van der Waals surface area (Å²) in [7, 11) is 0. The van der Waals surface area contributed by atoms with Crippen LogP contribution in [0.5, 0.6) is 0 Å². The van der Waals surface area contributed by atoms with Gasteiger partial charge in [0, 0.05) is 5.69 Å². The molecule has 1 heterocycles. The molecular weight excluding hydrogens is 292 g/mol. The monoisotopic (exact) mass is 310 g/mol. The molecule has 2 rings (SSSR count). The van der Waals surface area contributed by atoms with Gasteiger partial charge in [-0.25, -0.2) is 0 Å². The van der Waals surface area contributed by atoms with Crippen LogP contribution in [0.2, 0.25) is 0 Å². The van der Waals surface area contributed by atoms with E-state index < -0.39 is 0 Å². The highest BCUT2D eigenvalue weighted by atomic mass is 32.1. The van der Waals surface area contributed by atoms with Gasteiger partial charge in [0.2, 0.25) is 0 Å². The van der Waals surface area contributed by atoms with Crippen molar-refractivity contribution in [3.63, 3.8) is 0 Å². The lowest BCUT2D eigenvalue weighted by Crippen LogP contribution is -2.13. The lowest BCUT2D eigenvalue weighted by atomic mass is 10.1. The topological polar surface area (TPSA) is 52.9 Å². The molecule has 3 nitrogen and oxygen atoms in total. The average molecular weight is 310 g/mol. The van der Waals surface area contributed by atoms with Crippen molar-refractivity contribution >= 4 is 29.0 Å². The molecule has 0 aliphatic carbocycles. The minimum atomic E-state index is -0.380. The van der Waals surface area contributed by atoms with Gasteiger partial charge in [-0.1, -0.05) is 25.5 Å². The third kappa shape index (κ3) is 4.57. The number of rotatable bonds is 6. The maximum Gasteiger partial charge on any atom is 0.266 e. The summed E-state index contributed by atoms with van der Waals surface area (Å²) in [6.45, 7) is 2.16. The smallest absolute Gasteiger partial charge is 0.266 e. The number of carbonyl (C=O) groups excluding carboxylic acids is 1. The molecule has 0 aliphatic heterocycles. The molecule has 0 spiro atoms. The van der Waals surface area contributed by atoms with E-state index in [-0.39, 0.29) is 11.5 Å². The van der Waals surface area contributed by atoms with Crippen LogP contribution in [0, 0.1) is 11.3 Å². The van der Waals surface area contributed by atoms with Crippen LogP contribution in [0.15, 0.2) is 46.7 Å². The van der Waals surface area contributed by atoms with E-state index in [4.69, 9.17) is 5.26 Å². The predicted molar refractivity (Wildman–Crippen MR) is 91.6 cm³/mol. The number of hydrogen-bond acceptors (Lipinski definition) is 3. The van der Waals surface area contributed by atoms with Crippen molar-refractivity contribution in [2.45, 2.75) is 26.2 Å². The molecule has 1 aromatic carbocycles. The van der Waals surface area contributed by atoms with E-state index >= 15 is 0 Å². The fraction of sp³-hybridized carbons (Fsp3) is 0.222. The zero-order valence-corrected chi connectivity index (χ0v) is 13.3. The number of benzene rings is 1. The highest BCUT2D eigenvalue weighted by molar-refractivity contribution is 7.08. The summed E-state index contributed by atoms with van der Waals surface area (Å²) in [5, 5.41) is 15.7. The summed E-state index contributed by atoms with van der Waals surface area (Å²) in [5.74, 6) is -0.380. The number of nitrogens with zero attached hydrogens (tertiary/aromatic N) is 1. The minimum Gasteiger partial charge on any atom is -0.321 e.